The molecule has 0 saturated heterocycles. The molecular weight excluding hydrogens is 524 g/mol. The standard InChI is InChI=1S/C40H40N2O/c1-27(2)22-31(43-28(3)4)24-29-23-30(41-36-18-10-6-14-32(36)33-15-7-11-19-37(33)41)26-40(5,25-29)42-38-20-12-8-16-34(38)35-17-9-13-21-39(35)42/h6-21,23,25,27,31H,3,22,24,26H2,1-2,4-5H3. The van der Waals surface area contributed by atoms with Gasteiger partial charge in [0.25, 0.3) is 0 Å². The zero-order valence-electron chi connectivity index (χ0n) is 25.7. The second kappa shape index (κ2) is 10.6. The van der Waals surface area contributed by atoms with Crippen LogP contribution in [-0.4, -0.2) is 15.2 Å². The van der Waals surface area contributed by atoms with Gasteiger partial charge >= 0.3 is 0 Å². The van der Waals surface area contributed by atoms with Crippen LogP contribution in [0.15, 0.2) is 127 Å². The molecule has 0 amide bonds. The second-order valence-corrected chi connectivity index (χ2v) is 12.9. The third-order valence-corrected chi connectivity index (χ3v) is 8.91. The van der Waals surface area contributed by atoms with Crippen molar-refractivity contribution in [3.05, 3.63) is 127 Å². The first-order chi connectivity index (χ1) is 20.8. The summed E-state index contributed by atoms with van der Waals surface area (Å²) in [6.07, 6.45) is 7.69. The van der Waals surface area contributed by atoms with Crippen LogP contribution in [0.2, 0.25) is 0 Å². The van der Waals surface area contributed by atoms with E-state index in [2.05, 4.69) is 146 Å². The summed E-state index contributed by atoms with van der Waals surface area (Å²) in [5.74, 6) is 1.30. The average Bonchev–Trinajstić information content (AvgIpc) is 3.50. The van der Waals surface area contributed by atoms with Crippen LogP contribution in [0.4, 0.5) is 0 Å². The van der Waals surface area contributed by atoms with E-state index >= 15 is 0 Å². The van der Waals surface area contributed by atoms with Gasteiger partial charge in [0, 0.05) is 51.1 Å². The lowest BCUT2D eigenvalue weighted by atomic mass is 9.84. The van der Waals surface area contributed by atoms with Crippen LogP contribution in [0.5, 0.6) is 0 Å². The first-order valence-electron chi connectivity index (χ1n) is 15.5. The van der Waals surface area contributed by atoms with Crippen molar-refractivity contribution in [3.8, 4) is 0 Å². The van der Waals surface area contributed by atoms with Gasteiger partial charge in [-0.2, -0.15) is 0 Å². The van der Waals surface area contributed by atoms with Crippen LogP contribution in [-0.2, 0) is 10.3 Å². The van der Waals surface area contributed by atoms with Gasteiger partial charge in [0.1, 0.15) is 6.10 Å². The molecule has 2 atom stereocenters. The van der Waals surface area contributed by atoms with Crippen molar-refractivity contribution in [2.24, 2.45) is 5.92 Å². The van der Waals surface area contributed by atoms with Crippen molar-refractivity contribution in [2.45, 2.75) is 58.6 Å². The smallest absolute Gasteiger partial charge is 0.102 e. The number of fused-ring (bicyclic) bond motifs is 6. The minimum Gasteiger partial charge on any atom is -0.495 e. The highest BCUT2D eigenvalue weighted by molar-refractivity contribution is 6.10. The van der Waals surface area contributed by atoms with Crippen LogP contribution >= 0.6 is 0 Å². The maximum atomic E-state index is 6.35. The summed E-state index contributed by atoms with van der Waals surface area (Å²) < 4.78 is 11.4. The van der Waals surface area contributed by atoms with Crippen molar-refractivity contribution < 1.29 is 4.74 Å². The molecule has 1 aliphatic rings. The summed E-state index contributed by atoms with van der Waals surface area (Å²) >= 11 is 0. The molecule has 0 fully saturated rings. The fraction of sp³-hybridized carbons (Fsp3) is 0.250. The summed E-state index contributed by atoms with van der Waals surface area (Å²) in [6.45, 7) is 13.0. The molecule has 6 aromatic rings. The number of hydrogen-bond acceptors (Lipinski definition) is 1. The lowest BCUT2D eigenvalue weighted by Crippen LogP contribution is -2.32. The molecule has 0 bridgehead atoms. The Bertz CT molecular complexity index is 1960. The highest BCUT2D eigenvalue weighted by Crippen LogP contribution is 2.44. The molecule has 2 unspecified atom stereocenters. The molecule has 3 heteroatoms. The number of benzene rings is 4. The summed E-state index contributed by atoms with van der Waals surface area (Å²) in [7, 11) is 0. The quantitative estimate of drug-likeness (QED) is 0.168. The van der Waals surface area contributed by atoms with E-state index in [0.29, 0.717) is 5.92 Å². The number of aromatic nitrogens is 2. The molecule has 0 saturated carbocycles. The lowest BCUT2D eigenvalue weighted by molar-refractivity contribution is 0.0994. The van der Waals surface area contributed by atoms with Crippen molar-refractivity contribution in [1.82, 2.24) is 9.13 Å². The van der Waals surface area contributed by atoms with E-state index in [4.69, 9.17) is 4.74 Å². The minimum atomic E-state index is -0.305. The summed E-state index contributed by atoms with van der Waals surface area (Å²) in [4.78, 5) is 0. The van der Waals surface area contributed by atoms with Gasteiger partial charge in [-0.15, -0.1) is 0 Å². The first kappa shape index (κ1) is 27.3. The van der Waals surface area contributed by atoms with E-state index in [-0.39, 0.29) is 11.6 Å². The van der Waals surface area contributed by atoms with Crippen LogP contribution in [0.3, 0.4) is 0 Å². The minimum absolute atomic E-state index is 0.0694. The Morgan fingerprint density at radius 2 is 1.23 bits per heavy atom. The molecule has 4 aromatic carbocycles. The summed E-state index contributed by atoms with van der Waals surface area (Å²) in [6, 6.07) is 35.3. The van der Waals surface area contributed by atoms with Crippen molar-refractivity contribution in [2.75, 3.05) is 0 Å². The molecule has 1 aliphatic carbocycles. The van der Waals surface area contributed by atoms with E-state index in [9.17, 15) is 0 Å². The molecule has 0 spiro atoms. The number of hydrogen-bond donors (Lipinski definition) is 0. The Hall–Kier alpha value is -4.50. The van der Waals surface area contributed by atoms with Crippen molar-refractivity contribution in [3.63, 3.8) is 0 Å². The van der Waals surface area contributed by atoms with E-state index in [0.717, 1.165) is 25.0 Å². The van der Waals surface area contributed by atoms with E-state index in [1.165, 1.54) is 54.9 Å². The monoisotopic (exact) mass is 564 g/mol. The molecular formula is C40H40N2O. The van der Waals surface area contributed by atoms with Gasteiger partial charge in [0.15, 0.2) is 0 Å². The lowest BCUT2D eigenvalue weighted by Gasteiger charge is -2.36. The number of para-hydroxylation sites is 4. The molecule has 43 heavy (non-hydrogen) atoms. The number of rotatable bonds is 8. The van der Waals surface area contributed by atoms with Crippen molar-refractivity contribution in [1.29, 1.82) is 0 Å². The SMILES string of the molecule is C=C(C)OC(CC1=CC(C)(n2c3ccccc3c3ccccc32)CC(n2c3ccccc3c3ccccc32)=C1)CC(C)C. The second-order valence-electron chi connectivity index (χ2n) is 12.9. The number of allylic oxidation sites excluding steroid dienone is 4. The fourth-order valence-corrected chi connectivity index (χ4v) is 7.48. The Morgan fingerprint density at radius 3 is 1.72 bits per heavy atom. The highest BCUT2D eigenvalue weighted by Gasteiger charge is 2.34. The Kier molecular flexibility index (Phi) is 6.77. The number of ether oxygens (including phenoxy) is 1. The molecule has 3 nitrogen and oxygen atoms in total. The molecule has 0 N–H and O–H groups in total. The van der Waals surface area contributed by atoms with E-state index in [1.807, 2.05) is 6.92 Å². The fourth-order valence-electron chi connectivity index (χ4n) is 7.48. The predicted octanol–water partition coefficient (Wildman–Crippen LogP) is 10.8. The van der Waals surface area contributed by atoms with Crippen LogP contribution < -0.4 is 0 Å². The topological polar surface area (TPSA) is 19.1 Å². The maximum absolute atomic E-state index is 6.35. The molecule has 0 radical (unpaired) electrons. The first-order valence-corrected chi connectivity index (χ1v) is 15.5. The average molecular weight is 565 g/mol. The van der Waals surface area contributed by atoms with Crippen LogP contribution in [0.1, 0.15) is 47.0 Å². The van der Waals surface area contributed by atoms with Crippen LogP contribution in [0.25, 0.3) is 49.3 Å². The maximum Gasteiger partial charge on any atom is 0.102 e. The normalized spacial score (nSPS) is 18.0. The summed E-state index contributed by atoms with van der Waals surface area (Å²) in [5, 5.41) is 5.17. The molecule has 7 rings (SSSR count). The van der Waals surface area contributed by atoms with Gasteiger partial charge in [-0.3, -0.25) is 0 Å². The van der Waals surface area contributed by atoms with Gasteiger partial charge < -0.3 is 13.9 Å². The molecule has 2 aromatic heterocycles. The predicted molar refractivity (Wildman–Crippen MR) is 183 cm³/mol. The van der Waals surface area contributed by atoms with E-state index in [1.54, 1.807) is 0 Å². The zero-order valence-corrected chi connectivity index (χ0v) is 25.7. The Morgan fingerprint density at radius 1 is 0.767 bits per heavy atom. The zero-order chi connectivity index (χ0) is 29.7. The van der Waals surface area contributed by atoms with Crippen LogP contribution in [0, 0.1) is 5.92 Å². The van der Waals surface area contributed by atoms with Gasteiger partial charge in [-0.25, -0.2) is 0 Å². The highest BCUT2D eigenvalue weighted by atomic mass is 16.5. The largest absolute Gasteiger partial charge is 0.495 e. The molecule has 216 valence electrons. The Labute approximate surface area is 254 Å². The van der Waals surface area contributed by atoms with Gasteiger partial charge in [-0.05, 0) is 62.1 Å². The van der Waals surface area contributed by atoms with Gasteiger partial charge in [0.2, 0.25) is 0 Å². The van der Waals surface area contributed by atoms with Gasteiger partial charge in [0.05, 0.1) is 22.3 Å². The van der Waals surface area contributed by atoms with Crippen molar-refractivity contribution >= 4 is 49.3 Å². The summed E-state index contributed by atoms with van der Waals surface area (Å²) in [5.41, 5.74) is 7.33. The Balaban J connectivity index is 1.47. The molecule has 0 aliphatic heterocycles. The number of nitrogens with zero attached hydrogens (tertiary/aromatic N) is 2. The third kappa shape index (κ3) is 4.77. The van der Waals surface area contributed by atoms with Gasteiger partial charge in [-0.1, -0.05) is 99.3 Å². The van der Waals surface area contributed by atoms with E-state index < -0.39 is 0 Å². The third-order valence-electron chi connectivity index (χ3n) is 8.91. The molecule has 2 heterocycles.